The fourth-order valence-electron chi connectivity index (χ4n) is 14.3. The second kappa shape index (κ2) is 50.9. The summed E-state index contributed by atoms with van der Waals surface area (Å²) in [4.78, 5) is 225. The van der Waals surface area contributed by atoms with Crippen molar-refractivity contribution in [1.82, 2.24) is 53.2 Å². The predicted molar refractivity (Wildman–Crippen MR) is 466 cm³/mol. The number of Topliss-reactive ketones (excluding diaryl/α,β-unsaturated/α-hetero) is 2. The molecule has 9 amide bonds. The van der Waals surface area contributed by atoms with Gasteiger partial charge in [-0.15, -0.1) is 0 Å². The van der Waals surface area contributed by atoms with Crippen molar-refractivity contribution in [3.63, 3.8) is 0 Å². The molecule has 1 saturated carbocycles. The molecule has 4 rings (SSSR count). The number of nitrogens with one attached hydrogen (secondary N) is 10. The molecule has 690 valence electrons. The molecule has 34 heteroatoms. The lowest BCUT2D eigenvalue weighted by Crippen LogP contribution is -2.64. The standard InChI is InChI=1S/C90H136N10O23S/c1-22-43-118-69(103)39-37-63(95-80(110)62(36-30-31-42-91-65(46-52(5)6)74-67(101)48-90(20,21)49-68(74)102)97-86(116)120-51-61-59-34-28-26-32-57(59)58-33-27-29-35-60(58)61)79(109)93-54(8)78(108)94-64(38-40-70(104)119-44-23-2)81(111)96-66(47-72(106)123-89(17,18)19)82(112)98-75(53(7)24-3)84(114)100-77(56(10)122-88(14,15)16)85(115)99-76(55(9)121-87(11,12)13)83(113)92-50-73(107)124-45-41-71(105)117-25-4/h22-23,26-29,32-35,52-56,61-66,74-77,91H,1-2,24-25,30-31,36-51H2,3-21H3,(H,92,113)(H,93,109)(H,94,108)(H,95,110)(H,96,111)(H,97,116)(H,98,112)(H,99,115)(H,100,114)/t53?,54-,55?,56?,62?,63-,64-,65?,66-,75-,76-,77-/m0/s1. The Morgan fingerprint density at radius 3 is 1.47 bits per heavy atom. The molecule has 0 saturated heterocycles. The molecule has 0 spiro atoms. The minimum atomic E-state index is -1.94. The van der Waals surface area contributed by atoms with Crippen LogP contribution in [0.4, 0.5) is 4.79 Å². The maximum Gasteiger partial charge on any atom is 0.407 e. The molecule has 0 aromatic heterocycles. The van der Waals surface area contributed by atoms with Crippen molar-refractivity contribution in [2.75, 3.05) is 45.3 Å². The summed E-state index contributed by atoms with van der Waals surface area (Å²) in [7, 11) is 0. The van der Waals surface area contributed by atoms with Crippen LogP contribution in [0.5, 0.6) is 0 Å². The zero-order chi connectivity index (χ0) is 93.1. The number of carbonyl (C=O) groups excluding carboxylic acids is 16. The van der Waals surface area contributed by atoms with Gasteiger partial charge < -0.3 is 86.3 Å². The van der Waals surface area contributed by atoms with Crippen molar-refractivity contribution in [1.29, 1.82) is 0 Å². The van der Waals surface area contributed by atoms with Gasteiger partial charge in [0.05, 0.1) is 55.3 Å². The van der Waals surface area contributed by atoms with E-state index in [1.54, 1.807) is 83.1 Å². The van der Waals surface area contributed by atoms with Gasteiger partial charge in [0.1, 0.15) is 85.3 Å². The first-order chi connectivity index (χ1) is 58.0. The van der Waals surface area contributed by atoms with Crippen LogP contribution < -0.4 is 53.2 Å². The summed E-state index contributed by atoms with van der Waals surface area (Å²) in [6.07, 6.45) is -1.89. The summed E-state index contributed by atoms with van der Waals surface area (Å²) in [6.45, 7) is 38.2. The Labute approximate surface area is 734 Å². The van der Waals surface area contributed by atoms with E-state index in [0.29, 0.717) is 19.4 Å². The third-order valence-electron chi connectivity index (χ3n) is 20.1. The number of amides is 9. The molecule has 0 aliphatic heterocycles. The SMILES string of the molecule is C=CCOC(=O)CC[C@H](NC(=O)C(CCCCNC(CC(C)C)C1C(=O)CC(C)(C)CC1=O)NC(=O)OCC1c2ccccc2-c2ccccc21)C(=O)N[C@@H](C)C(=O)N[C@@H](CCC(=O)OCC=C)C(=O)N[C@@H](CC(=O)OC(C)(C)C)C(=O)N[C@H](C(=O)N[C@H](C(=O)N[C@H](C(=O)NCC(=O)SCCC(=O)OCC)C(C)OC(C)(C)C)C(C)OC(C)(C)C)C(C)CC. The van der Waals surface area contributed by atoms with Crippen LogP contribution in [0.25, 0.3) is 11.1 Å². The van der Waals surface area contributed by atoms with Crippen LogP contribution in [0.1, 0.15) is 232 Å². The van der Waals surface area contributed by atoms with Crippen LogP contribution in [-0.4, -0.2) is 223 Å². The summed E-state index contributed by atoms with van der Waals surface area (Å²) >= 11 is 0.786. The number of hydrogen-bond donors (Lipinski definition) is 10. The van der Waals surface area contributed by atoms with Crippen LogP contribution >= 0.6 is 11.8 Å². The average molecular weight is 1760 g/mol. The van der Waals surface area contributed by atoms with E-state index < -0.39 is 222 Å². The second-order valence-electron chi connectivity index (χ2n) is 35.6. The van der Waals surface area contributed by atoms with Crippen molar-refractivity contribution in [2.24, 2.45) is 23.2 Å². The molecule has 124 heavy (non-hydrogen) atoms. The number of fused-ring (bicyclic) bond motifs is 3. The highest BCUT2D eigenvalue weighted by Crippen LogP contribution is 2.45. The van der Waals surface area contributed by atoms with Gasteiger partial charge in [0.25, 0.3) is 0 Å². The van der Waals surface area contributed by atoms with E-state index in [4.69, 9.17) is 33.2 Å². The van der Waals surface area contributed by atoms with Crippen LogP contribution in [0.2, 0.25) is 0 Å². The molecule has 2 aromatic rings. The number of ketones is 2. The highest BCUT2D eigenvalue weighted by atomic mass is 32.2. The van der Waals surface area contributed by atoms with Gasteiger partial charge >= 0.3 is 30.0 Å². The van der Waals surface area contributed by atoms with Gasteiger partial charge in [0.15, 0.2) is 0 Å². The van der Waals surface area contributed by atoms with Crippen molar-refractivity contribution >= 4 is 106 Å². The normalized spacial score (nSPS) is 16.3. The molecule has 12 atom stereocenters. The lowest BCUT2D eigenvalue weighted by molar-refractivity contribution is -0.157. The smallest absolute Gasteiger partial charge is 0.407 e. The van der Waals surface area contributed by atoms with Crippen LogP contribution in [0.3, 0.4) is 0 Å². The zero-order valence-electron chi connectivity index (χ0n) is 75.8. The van der Waals surface area contributed by atoms with E-state index >= 15 is 9.59 Å². The van der Waals surface area contributed by atoms with Gasteiger partial charge in [-0.1, -0.05) is 134 Å². The summed E-state index contributed by atoms with van der Waals surface area (Å²) in [5.74, 6) is -13.5. The van der Waals surface area contributed by atoms with E-state index in [-0.39, 0.29) is 94.1 Å². The van der Waals surface area contributed by atoms with Gasteiger partial charge in [-0.05, 0) is 175 Å². The minimum Gasteiger partial charge on any atom is -0.466 e. The Hall–Kier alpha value is -9.93. The third kappa shape index (κ3) is 37.5. The topological polar surface area (TPSA) is 458 Å². The average Bonchev–Trinajstić information content (AvgIpc) is 1.65. The number of unbranched alkanes of at least 4 members (excludes halogenated alkanes) is 1. The van der Waals surface area contributed by atoms with Gasteiger partial charge in [-0.3, -0.25) is 71.9 Å². The molecule has 33 nitrogen and oxygen atoms in total. The zero-order valence-corrected chi connectivity index (χ0v) is 76.6. The van der Waals surface area contributed by atoms with Crippen molar-refractivity contribution in [3.05, 3.63) is 85.0 Å². The second-order valence-corrected chi connectivity index (χ2v) is 36.7. The molecule has 5 unspecified atom stereocenters. The van der Waals surface area contributed by atoms with Gasteiger partial charge in [-0.25, -0.2) is 4.79 Å². The Morgan fingerprint density at radius 1 is 0.516 bits per heavy atom. The Balaban J connectivity index is 1.70. The molecule has 1 fully saturated rings. The summed E-state index contributed by atoms with van der Waals surface area (Å²) < 4.78 is 39.2. The number of benzene rings is 2. The largest absolute Gasteiger partial charge is 0.466 e. The van der Waals surface area contributed by atoms with E-state index in [2.05, 4.69) is 66.3 Å². The number of hydrogen-bond acceptors (Lipinski definition) is 25. The van der Waals surface area contributed by atoms with E-state index in [9.17, 15) is 67.1 Å². The lowest BCUT2D eigenvalue weighted by atomic mass is 9.68. The maximum absolute atomic E-state index is 15.0. The number of thioether (sulfide) groups is 1. The first kappa shape index (κ1) is 106. The highest BCUT2D eigenvalue weighted by molar-refractivity contribution is 8.13. The molecule has 2 aromatic carbocycles. The number of carbonyl (C=O) groups is 16. The summed E-state index contributed by atoms with van der Waals surface area (Å²) in [5, 5.41) is 26.3. The monoisotopic (exact) mass is 1760 g/mol. The molecule has 2 aliphatic carbocycles. The maximum atomic E-state index is 15.0. The van der Waals surface area contributed by atoms with Crippen LogP contribution in [-0.2, 0) is 105 Å². The third-order valence-corrected chi connectivity index (χ3v) is 21.0. The quantitative estimate of drug-likeness (QED) is 0.0100. The molecule has 0 bridgehead atoms. The Morgan fingerprint density at radius 2 is 0.976 bits per heavy atom. The van der Waals surface area contributed by atoms with Crippen molar-refractivity contribution in [2.45, 2.75) is 304 Å². The first-order valence-electron chi connectivity index (χ1n) is 42.7. The molecular weight excluding hydrogens is 1620 g/mol. The highest BCUT2D eigenvalue weighted by Gasteiger charge is 2.45. The minimum absolute atomic E-state index is 0.0564. The Kier molecular flexibility index (Phi) is 43.7. The lowest BCUT2D eigenvalue weighted by Gasteiger charge is -2.36. The van der Waals surface area contributed by atoms with Gasteiger partial charge in [0, 0.05) is 43.4 Å². The van der Waals surface area contributed by atoms with Gasteiger partial charge in [-0.2, -0.15) is 0 Å². The number of esters is 4. The number of ether oxygens (including phenoxy) is 7. The molecule has 2 aliphatic rings. The van der Waals surface area contributed by atoms with E-state index in [0.717, 1.165) is 34.0 Å². The number of rotatable bonds is 51. The van der Waals surface area contributed by atoms with E-state index in [1.165, 1.54) is 32.9 Å². The van der Waals surface area contributed by atoms with Gasteiger partial charge in [0.2, 0.25) is 52.4 Å². The van der Waals surface area contributed by atoms with Crippen molar-refractivity contribution < 1.29 is 110 Å². The summed E-state index contributed by atoms with van der Waals surface area (Å²) in [6, 6.07) is 1.71. The Bertz CT molecular complexity index is 3970. The van der Waals surface area contributed by atoms with Crippen molar-refractivity contribution in [3.8, 4) is 11.1 Å². The molecule has 0 radical (unpaired) electrons. The van der Waals surface area contributed by atoms with Crippen LogP contribution in [0.15, 0.2) is 73.8 Å². The molecule has 10 N–H and O–H groups in total. The number of alkyl carbamates (subject to hydrolysis) is 1. The van der Waals surface area contributed by atoms with Crippen LogP contribution in [0, 0.1) is 23.2 Å². The fraction of sp³-hybridized carbons (Fsp3) is 0.644. The van der Waals surface area contributed by atoms with E-state index in [1.807, 2.05) is 76.2 Å². The fourth-order valence-corrected chi connectivity index (χ4v) is 15.0. The molecule has 0 heterocycles. The summed E-state index contributed by atoms with van der Waals surface area (Å²) in [5.41, 5.74) is 0.295. The predicted octanol–water partition coefficient (Wildman–Crippen LogP) is 7.59. The first-order valence-corrected chi connectivity index (χ1v) is 43.7. The molecular formula is C90H136N10O23S.